The van der Waals surface area contributed by atoms with E-state index in [4.69, 9.17) is 0 Å². The summed E-state index contributed by atoms with van der Waals surface area (Å²) in [5, 5.41) is 6.41. The predicted octanol–water partition coefficient (Wildman–Crippen LogP) is 3.73. The highest BCUT2D eigenvalue weighted by Gasteiger charge is 2.02. The minimum Gasteiger partial charge on any atom is -0.370 e. The zero-order chi connectivity index (χ0) is 15.8. The van der Waals surface area contributed by atoms with Gasteiger partial charge in [-0.25, -0.2) is 9.37 Å². The Bertz CT molecular complexity index is 586. The molecule has 0 unspecified atom stereocenters. The summed E-state index contributed by atoms with van der Waals surface area (Å²) in [6, 6.07) is 8.66. The molecule has 0 aliphatic rings. The van der Waals surface area contributed by atoms with Gasteiger partial charge in [-0.05, 0) is 36.5 Å². The summed E-state index contributed by atoms with van der Waals surface area (Å²) in [7, 11) is 0. The number of nitrogens with one attached hydrogen (secondary N) is 2. The number of aromatic nitrogens is 2. The smallest absolute Gasteiger partial charge is 0.224 e. The molecule has 0 radical (unpaired) electrons. The monoisotopic (exact) mass is 302 g/mol. The van der Waals surface area contributed by atoms with E-state index in [1.807, 2.05) is 12.1 Å². The van der Waals surface area contributed by atoms with E-state index in [-0.39, 0.29) is 5.82 Å². The Morgan fingerprint density at radius 2 is 1.91 bits per heavy atom. The van der Waals surface area contributed by atoms with Crippen molar-refractivity contribution in [3.8, 4) is 0 Å². The van der Waals surface area contributed by atoms with Crippen LogP contribution in [0.25, 0.3) is 0 Å². The first-order valence-electron chi connectivity index (χ1n) is 7.69. The fourth-order valence-electron chi connectivity index (χ4n) is 2.04. The summed E-state index contributed by atoms with van der Waals surface area (Å²) in [4.78, 5) is 8.58. The molecule has 0 saturated carbocycles. The van der Waals surface area contributed by atoms with Crippen LogP contribution in [0.1, 0.15) is 25.8 Å². The molecule has 2 aromatic rings. The van der Waals surface area contributed by atoms with Crippen molar-refractivity contribution in [1.82, 2.24) is 9.97 Å². The van der Waals surface area contributed by atoms with Crippen molar-refractivity contribution in [3.63, 3.8) is 0 Å². The molecule has 0 aliphatic heterocycles. The Kier molecular flexibility index (Phi) is 6.13. The number of hydrogen-bond donors (Lipinski definition) is 2. The summed E-state index contributed by atoms with van der Waals surface area (Å²) in [6.07, 6.45) is 3.41. The van der Waals surface area contributed by atoms with E-state index in [9.17, 15) is 4.39 Å². The highest BCUT2D eigenvalue weighted by molar-refractivity contribution is 5.39. The maximum absolute atomic E-state index is 13.5. The highest BCUT2D eigenvalue weighted by Crippen LogP contribution is 2.09. The summed E-state index contributed by atoms with van der Waals surface area (Å²) in [5.74, 6) is 1.86. The zero-order valence-corrected chi connectivity index (χ0v) is 13.1. The van der Waals surface area contributed by atoms with Gasteiger partial charge >= 0.3 is 0 Å². The van der Waals surface area contributed by atoms with Gasteiger partial charge in [0, 0.05) is 19.3 Å². The fourth-order valence-corrected chi connectivity index (χ4v) is 2.04. The SMILES string of the molecule is CC(C)CCNc1ccnc(NCCc2ccccc2F)n1. The molecule has 2 rings (SSSR count). The topological polar surface area (TPSA) is 49.8 Å². The highest BCUT2D eigenvalue weighted by atomic mass is 19.1. The minimum absolute atomic E-state index is 0.172. The lowest BCUT2D eigenvalue weighted by atomic mass is 10.1. The Morgan fingerprint density at radius 3 is 2.68 bits per heavy atom. The average Bonchev–Trinajstić information content (AvgIpc) is 2.49. The molecule has 1 aromatic carbocycles. The first-order chi connectivity index (χ1) is 10.6. The van der Waals surface area contributed by atoms with Crippen molar-refractivity contribution in [1.29, 1.82) is 0 Å². The lowest BCUT2D eigenvalue weighted by molar-refractivity contribution is 0.606. The molecule has 0 saturated heterocycles. The van der Waals surface area contributed by atoms with Crippen molar-refractivity contribution in [3.05, 3.63) is 47.9 Å². The molecule has 5 heteroatoms. The third-order valence-electron chi connectivity index (χ3n) is 3.32. The van der Waals surface area contributed by atoms with Gasteiger partial charge in [0.25, 0.3) is 0 Å². The summed E-state index contributed by atoms with van der Waals surface area (Å²) < 4.78 is 13.5. The van der Waals surface area contributed by atoms with Crippen LogP contribution < -0.4 is 10.6 Å². The Labute approximate surface area is 131 Å². The van der Waals surface area contributed by atoms with Gasteiger partial charge in [-0.3, -0.25) is 0 Å². The molecule has 1 heterocycles. The van der Waals surface area contributed by atoms with Crippen LogP contribution in [0.2, 0.25) is 0 Å². The van der Waals surface area contributed by atoms with E-state index in [1.165, 1.54) is 6.07 Å². The van der Waals surface area contributed by atoms with Gasteiger partial charge in [0.05, 0.1) is 0 Å². The number of benzene rings is 1. The maximum Gasteiger partial charge on any atom is 0.224 e. The van der Waals surface area contributed by atoms with Crippen molar-refractivity contribution in [2.75, 3.05) is 23.7 Å². The summed E-state index contributed by atoms with van der Waals surface area (Å²) in [5.41, 5.74) is 0.696. The number of halogens is 1. The second-order valence-electron chi connectivity index (χ2n) is 5.64. The van der Waals surface area contributed by atoms with E-state index in [1.54, 1.807) is 18.3 Å². The molecule has 0 spiro atoms. The van der Waals surface area contributed by atoms with Gasteiger partial charge < -0.3 is 10.6 Å². The average molecular weight is 302 g/mol. The van der Waals surface area contributed by atoms with Crippen molar-refractivity contribution in [2.24, 2.45) is 5.92 Å². The largest absolute Gasteiger partial charge is 0.370 e. The molecule has 0 fully saturated rings. The van der Waals surface area contributed by atoms with Crippen LogP contribution in [0.15, 0.2) is 36.5 Å². The van der Waals surface area contributed by atoms with E-state index in [0.717, 1.165) is 18.8 Å². The van der Waals surface area contributed by atoms with Gasteiger partial charge in [0.1, 0.15) is 11.6 Å². The Hall–Kier alpha value is -2.17. The molecule has 0 aliphatic carbocycles. The zero-order valence-electron chi connectivity index (χ0n) is 13.1. The lowest BCUT2D eigenvalue weighted by Crippen LogP contribution is -2.11. The second-order valence-corrected chi connectivity index (χ2v) is 5.64. The van der Waals surface area contributed by atoms with Crippen LogP contribution in [0.4, 0.5) is 16.2 Å². The van der Waals surface area contributed by atoms with E-state index >= 15 is 0 Å². The van der Waals surface area contributed by atoms with E-state index in [0.29, 0.717) is 30.4 Å². The Balaban J connectivity index is 1.81. The molecular weight excluding hydrogens is 279 g/mol. The molecule has 118 valence electrons. The Morgan fingerprint density at radius 1 is 1.09 bits per heavy atom. The molecule has 0 atom stereocenters. The van der Waals surface area contributed by atoms with Crippen LogP contribution in [-0.2, 0) is 6.42 Å². The van der Waals surface area contributed by atoms with Crippen LogP contribution >= 0.6 is 0 Å². The summed E-state index contributed by atoms with van der Waals surface area (Å²) in [6.45, 7) is 5.87. The fraction of sp³-hybridized carbons (Fsp3) is 0.412. The summed E-state index contributed by atoms with van der Waals surface area (Å²) >= 11 is 0. The van der Waals surface area contributed by atoms with Crippen LogP contribution in [0.5, 0.6) is 0 Å². The van der Waals surface area contributed by atoms with Crippen molar-refractivity contribution < 1.29 is 4.39 Å². The minimum atomic E-state index is -0.172. The van der Waals surface area contributed by atoms with Crippen LogP contribution in [-0.4, -0.2) is 23.1 Å². The molecular formula is C17H23FN4. The van der Waals surface area contributed by atoms with Gasteiger partial charge in [-0.1, -0.05) is 32.0 Å². The van der Waals surface area contributed by atoms with Crippen LogP contribution in [0.3, 0.4) is 0 Å². The molecule has 0 bridgehead atoms. The first kappa shape index (κ1) is 16.2. The van der Waals surface area contributed by atoms with Crippen molar-refractivity contribution in [2.45, 2.75) is 26.7 Å². The van der Waals surface area contributed by atoms with E-state index < -0.39 is 0 Å². The number of hydrogen-bond acceptors (Lipinski definition) is 4. The number of rotatable bonds is 8. The maximum atomic E-state index is 13.5. The standard InChI is InChI=1S/C17H23FN4/c1-13(2)7-10-19-16-9-12-21-17(22-16)20-11-8-14-5-3-4-6-15(14)18/h3-6,9,12-13H,7-8,10-11H2,1-2H3,(H2,19,20,21,22). The van der Waals surface area contributed by atoms with E-state index in [2.05, 4.69) is 34.4 Å². The molecule has 4 nitrogen and oxygen atoms in total. The van der Waals surface area contributed by atoms with Crippen molar-refractivity contribution >= 4 is 11.8 Å². The lowest BCUT2D eigenvalue weighted by Gasteiger charge is -2.09. The van der Waals surface area contributed by atoms with Crippen LogP contribution in [0, 0.1) is 11.7 Å². The molecule has 0 amide bonds. The number of anilines is 2. The molecule has 1 aromatic heterocycles. The van der Waals surface area contributed by atoms with Gasteiger partial charge in [-0.2, -0.15) is 4.98 Å². The first-order valence-corrected chi connectivity index (χ1v) is 7.69. The third-order valence-corrected chi connectivity index (χ3v) is 3.32. The van der Waals surface area contributed by atoms with Gasteiger partial charge in [-0.15, -0.1) is 0 Å². The second kappa shape index (κ2) is 8.32. The normalized spacial score (nSPS) is 10.7. The number of nitrogens with zero attached hydrogens (tertiary/aromatic N) is 2. The van der Waals surface area contributed by atoms with Gasteiger partial charge in [0.15, 0.2) is 0 Å². The predicted molar refractivity (Wildman–Crippen MR) is 88.6 cm³/mol. The molecule has 2 N–H and O–H groups in total. The third kappa shape index (κ3) is 5.31. The quantitative estimate of drug-likeness (QED) is 0.780. The molecule has 22 heavy (non-hydrogen) atoms. The van der Waals surface area contributed by atoms with Gasteiger partial charge in [0.2, 0.25) is 5.95 Å².